The minimum absolute atomic E-state index is 0.0714. The summed E-state index contributed by atoms with van der Waals surface area (Å²) in [7, 11) is 0. The summed E-state index contributed by atoms with van der Waals surface area (Å²) in [5, 5.41) is 10.6. The van der Waals surface area contributed by atoms with Crippen molar-refractivity contribution in [2.24, 2.45) is 11.3 Å². The van der Waals surface area contributed by atoms with Crippen LogP contribution in [0.3, 0.4) is 0 Å². The third-order valence-electron chi connectivity index (χ3n) is 4.71. The van der Waals surface area contributed by atoms with E-state index >= 15 is 0 Å². The van der Waals surface area contributed by atoms with E-state index in [4.69, 9.17) is 4.74 Å². The summed E-state index contributed by atoms with van der Waals surface area (Å²) < 4.78 is 5.58. The number of carbonyl (C=O) groups excluding carboxylic acids is 1. The van der Waals surface area contributed by atoms with Gasteiger partial charge in [0.05, 0.1) is 6.61 Å². The molecule has 1 amide bonds. The summed E-state index contributed by atoms with van der Waals surface area (Å²) in [6.45, 7) is 5.47. The first-order valence-electron chi connectivity index (χ1n) is 6.41. The zero-order valence-electron chi connectivity index (χ0n) is 10.0. The lowest BCUT2D eigenvalue weighted by atomic mass is 9.65. The molecule has 2 saturated heterocycles. The molecule has 1 unspecified atom stereocenters. The van der Waals surface area contributed by atoms with E-state index in [0.717, 1.165) is 19.3 Å². The van der Waals surface area contributed by atoms with Crippen LogP contribution >= 0.6 is 0 Å². The van der Waals surface area contributed by atoms with Gasteiger partial charge in [-0.2, -0.15) is 0 Å². The van der Waals surface area contributed by atoms with Crippen LogP contribution in [0.1, 0.15) is 25.7 Å². The first-order valence-corrected chi connectivity index (χ1v) is 6.41. The molecule has 0 aromatic carbocycles. The molecule has 94 valence electrons. The van der Waals surface area contributed by atoms with E-state index in [9.17, 15) is 9.90 Å². The molecule has 3 aliphatic rings. The number of amides is 1. The molecule has 0 aromatic heterocycles. The van der Waals surface area contributed by atoms with Crippen LogP contribution in [0.4, 0.5) is 0 Å². The summed E-state index contributed by atoms with van der Waals surface area (Å²) in [5.74, 6) is -0.981. The van der Waals surface area contributed by atoms with Crippen molar-refractivity contribution in [3.8, 4) is 0 Å². The monoisotopic (exact) mass is 237 g/mol. The quantitative estimate of drug-likeness (QED) is 0.726. The Bertz CT molecular complexity index is 366. The highest BCUT2D eigenvalue weighted by atomic mass is 16.6. The SMILES string of the molecule is C=CCN1C[C@@H]2COC3(O)CCCC[C@@]23C1=O. The Balaban J connectivity index is 1.98. The Morgan fingerprint density at radius 2 is 2.29 bits per heavy atom. The van der Waals surface area contributed by atoms with Crippen molar-refractivity contribution >= 4 is 5.91 Å². The predicted molar refractivity (Wildman–Crippen MR) is 62.1 cm³/mol. The first-order chi connectivity index (χ1) is 8.14. The molecular formula is C13H19NO3. The van der Waals surface area contributed by atoms with Crippen molar-refractivity contribution in [2.45, 2.75) is 31.5 Å². The molecule has 3 fully saturated rings. The van der Waals surface area contributed by atoms with Crippen molar-refractivity contribution in [1.82, 2.24) is 4.90 Å². The van der Waals surface area contributed by atoms with Gasteiger partial charge in [0.25, 0.3) is 0 Å². The normalized spacial score (nSPS) is 44.6. The van der Waals surface area contributed by atoms with Gasteiger partial charge >= 0.3 is 0 Å². The number of carbonyl (C=O) groups is 1. The van der Waals surface area contributed by atoms with Crippen LogP contribution < -0.4 is 0 Å². The maximum Gasteiger partial charge on any atom is 0.234 e. The molecule has 1 aliphatic carbocycles. The molecule has 0 bridgehead atoms. The van der Waals surface area contributed by atoms with Crippen LogP contribution in [0.2, 0.25) is 0 Å². The van der Waals surface area contributed by atoms with Crippen molar-refractivity contribution in [1.29, 1.82) is 0 Å². The molecular weight excluding hydrogens is 218 g/mol. The Morgan fingerprint density at radius 3 is 3.06 bits per heavy atom. The molecule has 1 spiro atoms. The average Bonchev–Trinajstić information content (AvgIpc) is 2.75. The topological polar surface area (TPSA) is 49.8 Å². The molecule has 0 aromatic rings. The number of hydrogen-bond donors (Lipinski definition) is 1. The van der Waals surface area contributed by atoms with E-state index in [1.54, 1.807) is 6.08 Å². The van der Waals surface area contributed by atoms with Gasteiger partial charge in [0.2, 0.25) is 5.91 Å². The van der Waals surface area contributed by atoms with E-state index < -0.39 is 11.2 Å². The van der Waals surface area contributed by atoms with Crippen molar-refractivity contribution < 1.29 is 14.6 Å². The molecule has 1 N–H and O–H groups in total. The summed E-state index contributed by atoms with van der Waals surface area (Å²) >= 11 is 0. The number of hydrogen-bond acceptors (Lipinski definition) is 3. The van der Waals surface area contributed by atoms with Gasteiger partial charge in [-0.3, -0.25) is 4.79 Å². The van der Waals surface area contributed by atoms with Crippen molar-refractivity contribution in [2.75, 3.05) is 19.7 Å². The highest BCUT2D eigenvalue weighted by molar-refractivity contribution is 5.87. The second kappa shape index (κ2) is 3.56. The van der Waals surface area contributed by atoms with Gasteiger partial charge in [0, 0.05) is 25.4 Å². The number of rotatable bonds is 2. The zero-order valence-corrected chi connectivity index (χ0v) is 10.0. The second-order valence-electron chi connectivity index (χ2n) is 5.47. The third-order valence-corrected chi connectivity index (χ3v) is 4.71. The Morgan fingerprint density at radius 1 is 1.53 bits per heavy atom. The Labute approximate surface area is 101 Å². The number of likely N-dealkylation sites (tertiary alicyclic amines) is 1. The molecule has 1 saturated carbocycles. The number of nitrogens with zero attached hydrogens (tertiary/aromatic N) is 1. The summed E-state index contributed by atoms with van der Waals surface area (Å²) in [6.07, 6.45) is 5.06. The first kappa shape index (κ1) is 11.2. The predicted octanol–water partition coefficient (Wildman–Crippen LogP) is 0.910. The maximum absolute atomic E-state index is 12.6. The lowest BCUT2D eigenvalue weighted by Crippen LogP contribution is -2.54. The Hall–Kier alpha value is -0.870. The number of aliphatic hydroxyl groups is 1. The van der Waals surface area contributed by atoms with E-state index in [-0.39, 0.29) is 11.8 Å². The summed E-state index contributed by atoms with van der Waals surface area (Å²) in [4.78, 5) is 14.4. The van der Waals surface area contributed by atoms with Crippen molar-refractivity contribution in [3.63, 3.8) is 0 Å². The van der Waals surface area contributed by atoms with Crippen LogP contribution in [0.25, 0.3) is 0 Å². The lowest BCUT2D eigenvalue weighted by Gasteiger charge is -2.42. The van der Waals surface area contributed by atoms with E-state index in [2.05, 4.69) is 6.58 Å². The highest BCUT2D eigenvalue weighted by Crippen LogP contribution is 2.58. The van der Waals surface area contributed by atoms with Gasteiger partial charge in [0.1, 0.15) is 5.41 Å². The van der Waals surface area contributed by atoms with E-state index in [0.29, 0.717) is 26.1 Å². The highest BCUT2D eigenvalue weighted by Gasteiger charge is 2.70. The van der Waals surface area contributed by atoms with Gasteiger partial charge in [0.15, 0.2) is 5.79 Å². The average molecular weight is 237 g/mol. The van der Waals surface area contributed by atoms with Crippen LogP contribution in [0.5, 0.6) is 0 Å². The largest absolute Gasteiger partial charge is 0.365 e. The van der Waals surface area contributed by atoms with Gasteiger partial charge in [-0.15, -0.1) is 6.58 Å². The number of ether oxygens (including phenoxy) is 1. The van der Waals surface area contributed by atoms with Crippen LogP contribution in [0.15, 0.2) is 12.7 Å². The maximum atomic E-state index is 12.6. The fourth-order valence-corrected chi connectivity index (χ4v) is 3.89. The third kappa shape index (κ3) is 1.23. The van der Waals surface area contributed by atoms with Gasteiger partial charge in [-0.1, -0.05) is 12.5 Å². The molecule has 4 nitrogen and oxygen atoms in total. The fourth-order valence-electron chi connectivity index (χ4n) is 3.89. The van der Waals surface area contributed by atoms with Crippen LogP contribution in [0, 0.1) is 11.3 Å². The second-order valence-corrected chi connectivity index (χ2v) is 5.47. The minimum atomic E-state index is -1.21. The molecule has 3 atom stereocenters. The van der Waals surface area contributed by atoms with Gasteiger partial charge < -0.3 is 14.7 Å². The van der Waals surface area contributed by atoms with E-state index in [1.807, 2.05) is 4.90 Å². The molecule has 17 heavy (non-hydrogen) atoms. The Kier molecular flexibility index (Phi) is 2.35. The van der Waals surface area contributed by atoms with Gasteiger partial charge in [-0.05, 0) is 12.8 Å². The molecule has 4 heteroatoms. The molecule has 0 radical (unpaired) electrons. The van der Waals surface area contributed by atoms with E-state index in [1.165, 1.54) is 0 Å². The molecule has 2 heterocycles. The summed E-state index contributed by atoms with van der Waals surface area (Å²) in [5.41, 5.74) is -0.658. The minimum Gasteiger partial charge on any atom is -0.365 e. The fraction of sp³-hybridized carbons (Fsp3) is 0.769. The molecule has 2 aliphatic heterocycles. The van der Waals surface area contributed by atoms with Crippen LogP contribution in [-0.2, 0) is 9.53 Å². The summed E-state index contributed by atoms with van der Waals surface area (Å²) in [6, 6.07) is 0. The molecule has 3 rings (SSSR count). The van der Waals surface area contributed by atoms with Crippen molar-refractivity contribution in [3.05, 3.63) is 12.7 Å². The standard InChI is InChI=1S/C13H19NO3/c1-2-7-14-8-10-9-17-13(16)6-4-3-5-12(10,13)11(14)15/h2,10,16H,1,3-9H2/t10-,12+,13?/m1/s1. The van der Waals surface area contributed by atoms with Crippen LogP contribution in [-0.4, -0.2) is 41.4 Å². The van der Waals surface area contributed by atoms with Gasteiger partial charge in [-0.25, -0.2) is 0 Å². The zero-order chi connectivity index (χ0) is 12.1. The lowest BCUT2D eigenvalue weighted by molar-refractivity contribution is -0.241. The smallest absolute Gasteiger partial charge is 0.234 e.